The molecule has 1 atom stereocenters. The standard InChI is InChI=1S/C22H25N3/c1-14-9-15(13-23)10-19-21(14)25-20(12-22(19,2)3)16-5-4-6-18(11-16)24-17-7-8-17/h4-6,9-11,17,20,24-25H,7-8,12H2,1-3H3. The van der Waals surface area contributed by atoms with Gasteiger partial charge < -0.3 is 10.6 Å². The number of hydrogen-bond acceptors (Lipinski definition) is 3. The van der Waals surface area contributed by atoms with Crippen LogP contribution in [0.15, 0.2) is 36.4 Å². The van der Waals surface area contributed by atoms with Crippen molar-refractivity contribution in [3.8, 4) is 6.07 Å². The molecule has 2 aliphatic rings. The predicted octanol–water partition coefficient (Wildman–Crippen LogP) is 5.28. The molecule has 128 valence electrons. The molecule has 0 bridgehead atoms. The molecule has 2 aromatic carbocycles. The molecule has 2 N–H and O–H groups in total. The molecule has 0 aromatic heterocycles. The van der Waals surface area contributed by atoms with Crippen LogP contribution in [0.25, 0.3) is 0 Å². The third-order valence-electron chi connectivity index (χ3n) is 5.46. The molecule has 25 heavy (non-hydrogen) atoms. The molecule has 0 spiro atoms. The van der Waals surface area contributed by atoms with Crippen LogP contribution in [0.5, 0.6) is 0 Å². The molecule has 1 fully saturated rings. The Hall–Kier alpha value is -2.47. The van der Waals surface area contributed by atoms with E-state index >= 15 is 0 Å². The first kappa shape index (κ1) is 16.0. The van der Waals surface area contributed by atoms with Gasteiger partial charge in [0.1, 0.15) is 0 Å². The van der Waals surface area contributed by atoms with Crippen molar-refractivity contribution >= 4 is 11.4 Å². The molecule has 0 radical (unpaired) electrons. The summed E-state index contributed by atoms with van der Waals surface area (Å²) in [6.45, 7) is 6.66. The number of nitrogens with zero attached hydrogens (tertiary/aromatic N) is 1. The van der Waals surface area contributed by atoms with E-state index in [9.17, 15) is 5.26 Å². The van der Waals surface area contributed by atoms with E-state index in [0.717, 1.165) is 17.5 Å². The van der Waals surface area contributed by atoms with Crippen LogP contribution in [0.1, 0.15) is 61.4 Å². The van der Waals surface area contributed by atoms with Gasteiger partial charge in [0.2, 0.25) is 0 Å². The fourth-order valence-electron chi connectivity index (χ4n) is 3.93. The van der Waals surface area contributed by atoms with Gasteiger partial charge in [-0.3, -0.25) is 0 Å². The lowest BCUT2D eigenvalue weighted by atomic mass is 9.73. The van der Waals surface area contributed by atoms with Gasteiger partial charge >= 0.3 is 0 Å². The van der Waals surface area contributed by atoms with Gasteiger partial charge in [-0.25, -0.2) is 0 Å². The van der Waals surface area contributed by atoms with Crippen LogP contribution in [0, 0.1) is 18.3 Å². The molecular weight excluding hydrogens is 306 g/mol. The largest absolute Gasteiger partial charge is 0.382 e. The second-order valence-electron chi connectivity index (χ2n) is 8.16. The van der Waals surface area contributed by atoms with Crippen molar-refractivity contribution in [2.24, 2.45) is 0 Å². The lowest BCUT2D eigenvalue weighted by Gasteiger charge is -2.40. The molecular formula is C22H25N3. The summed E-state index contributed by atoms with van der Waals surface area (Å²) in [6.07, 6.45) is 3.58. The summed E-state index contributed by atoms with van der Waals surface area (Å²) in [4.78, 5) is 0. The fraction of sp³-hybridized carbons (Fsp3) is 0.409. The topological polar surface area (TPSA) is 47.9 Å². The Kier molecular flexibility index (Phi) is 3.72. The summed E-state index contributed by atoms with van der Waals surface area (Å²) in [5.41, 5.74) is 6.94. The van der Waals surface area contributed by atoms with Gasteiger partial charge in [-0.05, 0) is 72.6 Å². The molecule has 3 heteroatoms. The zero-order chi connectivity index (χ0) is 17.6. The van der Waals surface area contributed by atoms with E-state index in [1.807, 2.05) is 6.07 Å². The van der Waals surface area contributed by atoms with Crippen LogP contribution in [-0.4, -0.2) is 6.04 Å². The van der Waals surface area contributed by atoms with Crippen molar-refractivity contribution in [1.82, 2.24) is 0 Å². The molecule has 1 heterocycles. The third-order valence-corrected chi connectivity index (χ3v) is 5.46. The number of benzene rings is 2. The van der Waals surface area contributed by atoms with Crippen LogP contribution in [0.2, 0.25) is 0 Å². The average Bonchev–Trinajstić information content (AvgIpc) is 3.39. The lowest BCUT2D eigenvalue weighted by molar-refractivity contribution is 0.426. The maximum absolute atomic E-state index is 9.29. The van der Waals surface area contributed by atoms with E-state index < -0.39 is 0 Å². The summed E-state index contributed by atoms with van der Waals surface area (Å²) in [6, 6.07) is 16.1. The van der Waals surface area contributed by atoms with Gasteiger partial charge in [0.25, 0.3) is 0 Å². The van der Waals surface area contributed by atoms with Crippen LogP contribution in [-0.2, 0) is 5.41 Å². The first-order valence-corrected chi connectivity index (χ1v) is 9.14. The quantitative estimate of drug-likeness (QED) is 0.805. The number of hydrogen-bond donors (Lipinski definition) is 2. The first-order valence-electron chi connectivity index (χ1n) is 9.14. The van der Waals surface area contributed by atoms with Gasteiger partial charge in [-0.2, -0.15) is 5.26 Å². The average molecular weight is 331 g/mol. The second-order valence-corrected chi connectivity index (χ2v) is 8.16. The molecule has 2 aromatic rings. The van der Waals surface area contributed by atoms with Crippen LogP contribution < -0.4 is 10.6 Å². The SMILES string of the molecule is Cc1cc(C#N)cc2c1NC(c1cccc(NC3CC3)c1)CC2(C)C. The van der Waals surface area contributed by atoms with Gasteiger partial charge in [0.15, 0.2) is 0 Å². The lowest BCUT2D eigenvalue weighted by Crippen LogP contribution is -2.31. The Labute approximate surface area is 150 Å². The van der Waals surface area contributed by atoms with E-state index in [0.29, 0.717) is 6.04 Å². The highest BCUT2D eigenvalue weighted by Crippen LogP contribution is 2.46. The number of anilines is 2. The Morgan fingerprint density at radius 1 is 1.20 bits per heavy atom. The zero-order valence-electron chi connectivity index (χ0n) is 15.2. The highest BCUT2D eigenvalue weighted by Gasteiger charge is 2.34. The molecule has 0 amide bonds. The molecule has 1 saturated carbocycles. The summed E-state index contributed by atoms with van der Waals surface area (Å²) in [5, 5.41) is 16.6. The van der Waals surface area contributed by atoms with Crippen molar-refractivity contribution in [3.05, 3.63) is 58.7 Å². The molecule has 4 rings (SSSR count). The number of nitriles is 1. The second kappa shape index (κ2) is 5.81. The minimum absolute atomic E-state index is 0.0306. The maximum Gasteiger partial charge on any atom is 0.0991 e. The van der Waals surface area contributed by atoms with Crippen molar-refractivity contribution in [1.29, 1.82) is 5.26 Å². The summed E-state index contributed by atoms with van der Waals surface area (Å²) in [7, 11) is 0. The fourth-order valence-corrected chi connectivity index (χ4v) is 3.93. The predicted molar refractivity (Wildman–Crippen MR) is 103 cm³/mol. The van der Waals surface area contributed by atoms with Crippen molar-refractivity contribution in [2.45, 2.75) is 57.5 Å². The first-order chi connectivity index (χ1) is 12.0. The monoisotopic (exact) mass is 331 g/mol. The highest BCUT2D eigenvalue weighted by atomic mass is 15.0. The molecule has 1 unspecified atom stereocenters. The van der Waals surface area contributed by atoms with Gasteiger partial charge in [-0.15, -0.1) is 0 Å². The number of aryl methyl sites for hydroxylation is 1. The Bertz CT molecular complexity index is 856. The Morgan fingerprint density at radius 2 is 2.00 bits per heavy atom. The van der Waals surface area contributed by atoms with Gasteiger partial charge in [0, 0.05) is 17.4 Å². The van der Waals surface area contributed by atoms with E-state index in [1.165, 1.54) is 35.3 Å². The van der Waals surface area contributed by atoms with Crippen LogP contribution >= 0.6 is 0 Å². The normalized spacial score (nSPS) is 21.0. The molecule has 1 aliphatic heterocycles. The van der Waals surface area contributed by atoms with Crippen molar-refractivity contribution < 1.29 is 0 Å². The van der Waals surface area contributed by atoms with E-state index in [1.54, 1.807) is 0 Å². The number of fused-ring (bicyclic) bond motifs is 1. The van der Waals surface area contributed by atoms with Gasteiger partial charge in [0.05, 0.1) is 17.7 Å². The van der Waals surface area contributed by atoms with Crippen molar-refractivity contribution in [2.75, 3.05) is 10.6 Å². The molecule has 1 aliphatic carbocycles. The van der Waals surface area contributed by atoms with Crippen LogP contribution in [0.4, 0.5) is 11.4 Å². The van der Waals surface area contributed by atoms with Crippen LogP contribution in [0.3, 0.4) is 0 Å². The van der Waals surface area contributed by atoms with E-state index in [2.05, 4.69) is 67.8 Å². The summed E-state index contributed by atoms with van der Waals surface area (Å²) in [5.74, 6) is 0. The number of rotatable bonds is 3. The number of nitrogens with one attached hydrogen (secondary N) is 2. The third kappa shape index (κ3) is 3.09. The van der Waals surface area contributed by atoms with Crippen molar-refractivity contribution in [3.63, 3.8) is 0 Å². The Balaban J connectivity index is 1.69. The van der Waals surface area contributed by atoms with Gasteiger partial charge in [-0.1, -0.05) is 26.0 Å². The smallest absolute Gasteiger partial charge is 0.0991 e. The minimum Gasteiger partial charge on any atom is -0.382 e. The molecule has 3 nitrogen and oxygen atoms in total. The summed E-state index contributed by atoms with van der Waals surface area (Å²) < 4.78 is 0. The maximum atomic E-state index is 9.29. The Morgan fingerprint density at radius 3 is 2.72 bits per heavy atom. The highest BCUT2D eigenvalue weighted by molar-refractivity contribution is 5.66. The van der Waals surface area contributed by atoms with E-state index in [-0.39, 0.29) is 11.5 Å². The minimum atomic E-state index is 0.0306. The summed E-state index contributed by atoms with van der Waals surface area (Å²) >= 11 is 0. The zero-order valence-corrected chi connectivity index (χ0v) is 15.2. The van der Waals surface area contributed by atoms with E-state index in [4.69, 9.17) is 0 Å². The molecule has 0 saturated heterocycles.